The molecule has 8 nitrogen and oxygen atoms in total. The highest BCUT2D eigenvalue weighted by atomic mass is 32.1. The van der Waals surface area contributed by atoms with E-state index in [2.05, 4.69) is 31.6 Å². The van der Waals surface area contributed by atoms with Gasteiger partial charge in [0.25, 0.3) is 5.91 Å². The summed E-state index contributed by atoms with van der Waals surface area (Å²) < 4.78 is 14.2. The van der Waals surface area contributed by atoms with Gasteiger partial charge in [0, 0.05) is 41.7 Å². The predicted octanol–water partition coefficient (Wildman–Crippen LogP) is 6.13. The van der Waals surface area contributed by atoms with Gasteiger partial charge in [0.2, 0.25) is 0 Å². The van der Waals surface area contributed by atoms with E-state index in [1.54, 1.807) is 35.9 Å². The smallest absolute Gasteiger partial charge is 0.257 e. The predicted molar refractivity (Wildman–Crippen MR) is 140 cm³/mol. The molecule has 1 aliphatic rings. The third-order valence-electron chi connectivity index (χ3n) is 5.84. The first kappa shape index (κ1) is 23.7. The molecule has 1 N–H and O–H groups in total. The Labute approximate surface area is 213 Å². The fourth-order valence-electron chi connectivity index (χ4n) is 4.07. The van der Waals surface area contributed by atoms with E-state index >= 15 is 0 Å². The van der Waals surface area contributed by atoms with E-state index in [4.69, 9.17) is 9.47 Å². The van der Waals surface area contributed by atoms with Gasteiger partial charge in [0.1, 0.15) is 23.1 Å². The lowest BCUT2D eigenvalue weighted by atomic mass is 10.1. The fourth-order valence-corrected chi connectivity index (χ4v) is 4.59. The van der Waals surface area contributed by atoms with Gasteiger partial charge in [-0.25, -0.2) is 4.98 Å². The van der Waals surface area contributed by atoms with Crippen molar-refractivity contribution in [2.24, 2.45) is 0 Å². The van der Waals surface area contributed by atoms with Crippen LogP contribution in [0.2, 0.25) is 0 Å². The summed E-state index contributed by atoms with van der Waals surface area (Å²) in [4.78, 5) is 16.9. The normalized spacial score (nSPS) is 12.9. The Balaban J connectivity index is 1.36. The fraction of sp³-hybridized carbons (Fsp3) is 0.259. The maximum Gasteiger partial charge on any atom is 0.257 e. The van der Waals surface area contributed by atoms with Gasteiger partial charge in [0.15, 0.2) is 11.0 Å². The lowest BCUT2D eigenvalue weighted by Gasteiger charge is -2.12. The number of amides is 1. The molecule has 0 unspecified atom stereocenters. The van der Waals surface area contributed by atoms with Crippen LogP contribution < -0.4 is 14.8 Å². The van der Waals surface area contributed by atoms with Crippen LogP contribution in [-0.4, -0.2) is 32.3 Å². The molecule has 1 amide bonds. The SMILES string of the molecule is C=CCCOc1cc(Oc2ccc(-c3nnc4n3CCCCC4)cc2)cc(C(=O)Nc2nccs2)c1. The minimum absolute atomic E-state index is 0.285. The Morgan fingerprint density at radius 1 is 1.08 bits per heavy atom. The minimum Gasteiger partial charge on any atom is -0.493 e. The topological polar surface area (TPSA) is 91.2 Å². The first-order valence-electron chi connectivity index (χ1n) is 12.0. The number of carbonyl (C=O) groups excluding carboxylic acids is 1. The molecule has 0 saturated carbocycles. The van der Waals surface area contributed by atoms with Gasteiger partial charge in [-0.1, -0.05) is 12.5 Å². The summed E-state index contributed by atoms with van der Waals surface area (Å²) in [6.45, 7) is 5.12. The number of anilines is 1. The van der Waals surface area contributed by atoms with Crippen LogP contribution in [0.15, 0.2) is 66.7 Å². The first-order chi connectivity index (χ1) is 17.7. The summed E-state index contributed by atoms with van der Waals surface area (Å²) in [5, 5.41) is 14.0. The van der Waals surface area contributed by atoms with Crippen molar-refractivity contribution < 1.29 is 14.3 Å². The third-order valence-corrected chi connectivity index (χ3v) is 6.53. The largest absolute Gasteiger partial charge is 0.493 e. The summed E-state index contributed by atoms with van der Waals surface area (Å²) in [6.07, 6.45) is 8.61. The monoisotopic (exact) mass is 501 g/mol. The van der Waals surface area contributed by atoms with Gasteiger partial charge in [0.05, 0.1) is 6.61 Å². The Kier molecular flexibility index (Phi) is 7.37. The average Bonchev–Trinajstić information content (AvgIpc) is 3.49. The van der Waals surface area contributed by atoms with Crippen molar-refractivity contribution in [3.05, 3.63) is 78.1 Å². The molecule has 184 valence electrons. The highest BCUT2D eigenvalue weighted by Gasteiger charge is 2.16. The molecule has 36 heavy (non-hydrogen) atoms. The van der Waals surface area contributed by atoms with Crippen LogP contribution in [0.4, 0.5) is 5.13 Å². The summed E-state index contributed by atoms with van der Waals surface area (Å²) in [5.41, 5.74) is 1.41. The number of rotatable bonds is 9. The zero-order valence-electron chi connectivity index (χ0n) is 19.9. The number of nitrogens with one attached hydrogen (secondary N) is 1. The molecule has 9 heteroatoms. The van der Waals surface area contributed by atoms with E-state index in [1.165, 1.54) is 17.8 Å². The maximum absolute atomic E-state index is 12.8. The van der Waals surface area contributed by atoms with Gasteiger partial charge in [-0.2, -0.15) is 0 Å². The molecular weight excluding hydrogens is 474 g/mol. The Morgan fingerprint density at radius 3 is 2.75 bits per heavy atom. The molecule has 0 saturated heterocycles. The number of ether oxygens (including phenoxy) is 2. The molecule has 0 aliphatic carbocycles. The summed E-state index contributed by atoms with van der Waals surface area (Å²) in [6, 6.07) is 12.9. The summed E-state index contributed by atoms with van der Waals surface area (Å²) >= 11 is 1.36. The quantitative estimate of drug-likeness (QED) is 0.219. The van der Waals surface area contributed by atoms with Crippen molar-refractivity contribution in [3.8, 4) is 28.6 Å². The van der Waals surface area contributed by atoms with Gasteiger partial charge >= 0.3 is 0 Å². The van der Waals surface area contributed by atoms with E-state index < -0.39 is 0 Å². The average molecular weight is 502 g/mol. The van der Waals surface area contributed by atoms with Crippen molar-refractivity contribution in [1.82, 2.24) is 19.7 Å². The molecular formula is C27H27N5O3S. The lowest BCUT2D eigenvalue weighted by molar-refractivity contribution is 0.102. The maximum atomic E-state index is 12.8. The third kappa shape index (κ3) is 5.63. The molecule has 5 rings (SSSR count). The number of thiazole rings is 1. The second-order valence-corrected chi connectivity index (χ2v) is 9.33. The van der Waals surface area contributed by atoms with Crippen molar-refractivity contribution in [3.63, 3.8) is 0 Å². The number of benzene rings is 2. The Hall–Kier alpha value is -3.98. The summed E-state index contributed by atoms with van der Waals surface area (Å²) in [7, 11) is 0. The molecule has 0 radical (unpaired) electrons. The number of hydrogen-bond acceptors (Lipinski definition) is 7. The molecule has 2 aromatic carbocycles. The zero-order chi connectivity index (χ0) is 24.7. The highest BCUT2D eigenvalue weighted by Crippen LogP contribution is 2.30. The van der Waals surface area contributed by atoms with E-state index in [0.29, 0.717) is 41.0 Å². The van der Waals surface area contributed by atoms with Gasteiger partial charge in [-0.05, 0) is 55.7 Å². The second-order valence-electron chi connectivity index (χ2n) is 8.44. The van der Waals surface area contributed by atoms with Crippen LogP contribution in [0.1, 0.15) is 41.9 Å². The number of aryl methyl sites for hydroxylation is 1. The molecule has 4 aromatic rings. The molecule has 0 spiro atoms. The number of fused-ring (bicyclic) bond motifs is 1. The van der Waals surface area contributed by atoms with Crippen LogP contribution in [-0.2, 0) is 13.0 Å². The summed E-state index contributed by atoms with van der Waals surface area (Å²) in [5.74, 6) is 3.34. The van der Waals surface area contributed by atoms with Crippen LogP contribution in [0.5, 0.6) is 17.2 Å². The highest BCUT2D eigenvalue weighted by molar-refractivity contribution is 7.13. The lowest BCUT2D eigenvalue weighted by Crippen LogP contribution is -2.12. The van der Waals surface area contributed by atoms with Gasteiger partial charge in [-0.3, -0.25) is 10.1 Å². The van der Waals surface area contributed by atoms with E-state index in [1.807, 2.05) is 24.3 Å². The number of carbonyl (C=O) groups is 1. The van der Waals surface area contributed by atoms with Crippen LogP contribution in [0.3, 0.4) is 0 Å². The van der Waals surface area contributed by atoms with Crippen molar-refractivity contribution >= 4 is 22.4 Å². The van der Waals surface area contributed by atoms with Crippen molar-refractivity contribution in [2.45, 2.75) is 38.6 Å². The van der Waals surface area contributed by atoms with Crippen LogP contribution >= 0.6 is 11.3 Å². The van der Waals surface area contributed by atoms with Crippen LogP contribution in [0, 0.1) is 0 Å². The minimum atomic E-state index is -0.285. The van der Waals surface area contributed by atoms with Gasteiger partial charge < -0.3 is 14.0 Å². The Bertz CT molecular complexity index is 1330. The van der Waals surface area contributed by atoms with Crippen molar-refractivity contribution in [1.29, 1.82) is 0 Å². The molecule has 3 heterocycles. The van der Waals surface area contributed by atoms with Crippen LogP contribution in [0.25, 0.3) is 11.4 Å². The zero-order valence-corrected chi connectivity index (χ0v) is 20.7. The molecule has 0 atom stereocenters. The first-order valence-corrected chi connectivity index (χ1v) is 12.9. The van der Waals surface area contributed by atoms with Gasteiger partial charge in [-0.15, -0.1) is 28.1 Å². The van der Waals surface area contributed by atoms with Crippen molar-refractivity contribution in [2.75, 3.05) is 11.9 Å². The number of aromatic nitrogens is 4. The standard InChI is InChI=1S/C27H27N5O3S/c1-2-3-14-34-22-16-20(26(33)29-27-28-12-15-36-27)17-23(18-22)35-21-10-8-19(9-11-21)25-31-30-24-7-5-4-6-13-32(24)25/h2,8-12,15-18H,1,3-7,13-14H2,(H,28,29,33). The molecule has 0 fully saturated rings. The van der Waals surface area contributed by atoms with E-state index in [0.717, 1.165) is 43.0 Å². The molecule has 0 bridgehead atoms. The molecule has 1 aliphatic heterocycles. The van der Waals surface area contributed by atoms with E-state index in [-0.39, 0.29) is 5.91 Å². The number of hydrogen-bond donors (Lipinski definition) is 1. The number of nitrogens with zero attached hydrogens (tertiary/aromatic N) is 4. The second kappa shape index (κ2) is 11.2. The molecule has 2 aromatic heterocycles. The Morgan fingerprint density at radius 2 is 1.94 bits per heavy atom. The van der Waals surface area contributed by atoms with E-state index in [9.17, 15) is 4.79 Å².